The minimum Gasteiger partial charge on any atom is -0.334 e. The molecule has 0 aliphatic heterocycles. The zero-order valence-electron chi connectivity index (χ0n) is 9.79. The van der Waals surface area contributed by atoms with Gasteiger partial charge in [0, 0.05) is 11.6 Å². The third-order valence-electron chi connectivity index (χ3n) is 2.49. The number of thiophene rings is 1. The van der Waals surface area contributed by atoms with Gasteiger partial charge in [-0.1, -0.05) is 29.4 Å². The number of halogens is 1. The Morgan fingerprint density at radius 3 is 2.79 bits per heavy atom. The first-order valence-electron chi connectivity index (χ1n) is 5.63. The molecule has 0 unspecified atom stereocenters. The molecule has 0 N–H and O–H groups in total. The first-order chi connectivity index (χ1) is 9.33. The Morgan fingerprint density at radius 1 is 1.11 bits per heavy atom. The van der Waals surface area contributed by atoms with E-state index in [1.807, 2.05) is 17.5 Å². The molecule has 1 aromatic carbocycles. The third-order valence-corrected chi connectivity index (χ3v) is 3.36. The third kappa shape index (κ3) is 2.61. The fraction of sp³-hybridized carbons (Fsp3) is 0. The van der Waals surface area contributed by atoms with Crippen molar-refractivity contribution in [2.24, 2.45) is 0 Å². The van der Waals surface area contributed by atoms with Crippen LogP contribution in [-0.4, -0.2) is 10.1 Å². The highest BCUT2D eigenvalue weighted by Gasteiger charge is 2.07. The molecule has 5 heteroatoms. The number of benzene rings is 1. The molecule has 0 saturated carbocycles. The molecular weight excluding hydrogens is 263 g/mol. The second-order valence-electron chi connectivity index (χ2n) is 3.79. The van der Waals surface area contributed by atoms with E-state index in [1.165, 1.54) is 17.4 Å². The molecule has 0 bridgehead atoms. The first kappa shape index (κ1) is 11.8. The molecule has 0 atom stereocenters. The van der Waals surface area contributed by atoms with Gasteiger partial charge in [0.15, 0.2) is 0 Å². The van der Waals surface area contributed by atoms with Crippen LogP contribution in [0.3, 0.4) is 0 Å². The molecule has 19 heavy (non-hydrogen) atoms. The standard InChI is InChI=1S/C14H9FN2OS/c15-11-5-2-1-4-10(11)7-8-13-16-14(17-18-13)12-6-3-9-19-12/h1-9H. The molecular formula is C14H9FN2OS. The van der Waals surface area contributed by atoms with Crippen molar-refractivity contribution in [3.63, 3.8) is 0 Å². The Balaban J connectivity index is 1.83. The average Bonchev–Trinajstić information content (AvgIpc) is 3.09. The van der Waals surface area contributed by atoms with Gasteiger partial charge in [0.2, 0.25) is 5.82 Å². The van der Waals surface area contributed by atoms with E-state index in [0.717, 1.165) is 4.88 Å². The molecule has 94 valence electrons. The molecule has 0 fully saturated rings. The van der Waals surface area contributed by atoms with Gasteiger partial charge in [0.05, 0.1) is 4.88 Å². The van der Waals surface area contributed by atoms with Crippen LogP contribution in [0.4, 0.5) is 4.39 Å². The summed E-state index contributed by atoms with van der Waals surface area (Å²) in [5.41, 5.74) is 0.485. The van der Waals surface area contributed by atoms with Gasteiger partial charge >= 0.3 is 0 Å². The van der Waals surface area contributed by atoms with E-state index in [4.69, 9.17) is 4.52 Å². The minimum absolute atomic E-state index is 0.281. The second-order valence-corrected chi connectivity index (χ2v) is 4.74. The summed E-state index contributed by atoms with van der Waals surface area (Å²) in [7, 11) is 0. The lowest BCUT2D eigenvalue weighted by Gasteiger charge is -1.93. The lowest BCUT2D eigenvalue weighted by atomic mass is 10.2. The highest BCUT2D eigenvalue weighted by Crippen LogP contribution is 2.21. The molecule has 2 aromatic heterocycles. The molecule has 0 spiro atoms. The molecule has 3 nitrogen and oxygen atoms in total. The van der Waals surface area contributed by atoms with Crippen molar-refractivity contribution < 1.29 is 8.91 Å². The quantitative estimate of drug-likeness (QED) is 0.720. The molecule has 0 aliphatic rings. The van der Waals surface area contributed by atoms with Crippen LogP contribution < -0.4 is 0 Å². The van der Waals surface area contributed by atoms with Crippen LogP contribution in [0.2, 0.25) is 0 Å². The lowest BCUT2D eigenvalue weighted by molar-refractivity contribution is 0.411. The van der Waals surface area contributed by atoms with E-state index in [1.54, 1.807) is 30.4 Å². The Kier molecular flexibility index (Phi) is 3.20. The summed E-state index contributed by atoms with van der Waals surface area (Å²) in [5, 5.41) is 5.82. The summed E-state index contributed by atoms with van der Waals surface area (Å²) in [6.07, 6.45) is 3.21. The van der Waals surface area contributed by atoms with Gasteiger partial charge in [-0.15, -0.1) is 11.3 Å². The van der Waals surface area contributed by atoms with Crippen molar-refractivity contribution in [3.8, 4) is 10.7 Å². The van der Waals surface area contributed by atoms with Crippen LogP contribution in [0.1, 0.15) is 11.5 Å². The Morgan fingerprint density at radius 2 is 2.00 bits per heavy atom. The number of nitrogens with zero attached hydrogens (tertiary/aromatic N) is 2. The molecule has 0 amide bonds. The van der Waals surface area contributed by atoms with Crippen molar-refractivity contribution in [3.05, 3.63) is 59.0 Å². The summed E-state index contributed by atoms with van der Waals surface area (Å²) in [5.74, 6) is 0.617. The van der Waals surface area contributed by atoms with Gasteiger partial charge in [-0.25, -0.2) is 4.39 Å². The van der Waals surface area contributed by atoms with E-state index >= 15 is 0 Å². The monoisotopic (exact) mass is 272 g/mol. The summed E-state index contributed by atoms with van der Waals surface area (Å²) in [6, 6.07) is 10.3. The molecule has 3 aromatic rings. The van der Waals surface area contributed by atoms with Crippen molar-refractivity contribution >= 4 is 23.5 Å². The number of hydrogen-bond donors (Lipinski definition) is 0. The van der Waals surface area contributed by atoms with E-state index < -0.39 is 0 Å². The molecule has 2 heterocycles. The smallest absolute Gasteiger partial charge is 0.250 e. The fourth-order valence-corrected chi connectivity index (χ4v) is 2.23. The van der Waals surface area contributed by atoms with Crippen LogP contribution >= 0.6 is 11.3 Å². The van der Waals surface area contributed by atoms with E-state index in [-0.39, 0.29) is 5.82 Å². The predicted molar refractivity (Wildman–Crippen MR) is 72.9 cm³/mol. The van der Waals surface area contributed by atoms with Crippen LogP contribution in [-0.2, 0) is 0 Å². The van der Waals surface area contributed by atoms with Gasteiger partial charge in [-0.2, -0.15) is 4.98 Å². The van der Waals surface area contributed by atoms with Crippen molar-refractivity contribution in [2.75, 3.05) is 0 Å². The summed E-state index contributed by atoms with van der Waals surface area (Å²) >= 11 is 1.54. The van der Waals surface area contributed by atoms with Crippen LogP contribution in [0.15, 0.2) is 46.3 Å². The lowest BCUT2D eigenvalue weighted by Crippen LogP contribution is -1.79. The van der Waals surface area contributed by atoms with E-state index in [0.29, 0.717) is 17.3 Å². The van der Waals surface area contributed by atoms with E-state index in [9.17, 15) is 4.39 Å². The Bertz CT molecular complexity index is 704. The van der Waals surface area contributed by atoms with Gasteiger partial charge in [-0.05, 0) is 23.6 Å². The average molecular weight is 272 g/mol. The minimum atomic E-state index is -0.281. The summed E-state index contributed by atoms with van der Waals surface area (Å²) < 4.78 is 18.5. The topological polar surface area (TPSA) is 38.9 Å². The number of hydrogen-bond acceptors (Lipinski definition) is 4. The number of rotatable bonds is 3. The predicted octanol–water partition coefficient (Wildman–Crippen LogP) is 4.11. The molecule has 0 aliphatic carbocycles. The van der Waals surface area contributed by atoms with Gasteiger partial charge in [0.1, 0.15) is 5.82 Å². The van der Waals surface area contributed by atoms with Crippen LogP contribution in [0.5, 0.6) is 0 Å². The highest BCUT2D eigenvalue weighted by molar-refractivity contribution is 7.13. The van der Waals surface area contributed by atoms with Crippen molar-refractivity contribution in [1.82, 2.24) is 10.1 Å². The normalized spacial score (nSPS) is 11.2. The maximum absolute atomic E-state index is 13.4. The zero-order valence-corrected chi connectivity index (χ0v) is 10.6. The second kappa shape index (κ2) is 5.16. The summed E-state index contributed by atoms with van der Waals surface area (Å²) in [6.45, 7) is 0. The summed E-state index contributed by atoms with van der Waals surface area (Å²) in [4.78, 5) is 5.16. The van der Waals surface area contributed by atoms with Crippen molar-refractivity contribution in [1.29, 1.82) is 0 Å². The van der Waals surface area contributed by atoms with Crippen molar-refractivity contribution in [2.45, 2.75) is 0 Å². The van der Waals surface area contributed by atoms with Gasteiger partial charge in [0.25, 0.3) is 5.89 Å². The zero-order chi connectivity index (χ0) is 13.1. The Labute approximate surface area is 113 Å². The van der Waals surface area contributed by atoms with Crippen LogP contribution in [0, 0.1) is 5.82 Å². The molecule has 0 saturated heterocycles. The van der Waals surface area contributed by atoms with E-state index in [2.05, 4.69) is 10.1 Å². The SMILES string of the molecule is Fc1ccccc1C=Cc1nc(-c2cccs2)no1. The van der Waals surface area contributed by atoms with Gasteiger partial charge < -0.3 is 4.52 Å². The first-order valence-corrected chi connectivity index (χ1v) is 6.51. The highest BCUT2D eigenvalue weighted by atomic mass is 32.1. The molecule has 0 radical (unpaired) electrons. The Hall–Kier alpha value is -2.27. The maximum atomic E-state index is 13.4. The largest absolute Gasteiger partial charge is 0.334 e. The number of aromatic nitrogens is 2. The molecule has 3 rings (SSSR count). The van der Waals surface area contributed by atoms with Crippen LogP contribution in [0.25, 0.3) is 22.9 Å². The fourth-order valence-electron chi connectivity index (χ4n) is 1.58. The maximum Gasteiger partial charge on any atom is 0.250 e. The van der Waals surface area contributed by atoms with Gasteiger partial charge in [-0.3, -0.25) is 0 Å².